The molecule has 1 amide bonds. The third-order valence-corrected chi connectivity index (χ3v) is 3.44. The van der Waals surface area contributed by atoms with Crippen LogP contribution in [0.2, 0.25) is 4.94 Å². The monoisotopic (exact) mass is 474 g/mol. The molecule has 0 spiro atoms. The van der Waals surface area contributed by atoms with Crippen LogP contribution in [0.25, 0.3) is 0 Å². The Balaban J connectivity index is -0.000000374. The molecule has 0 aliphatic heterocycles. The van der Waals surface area contributed by atoms with Crippen molar-refractivity contribution in [1.82, 2.24) is 4.90 Å². The van der Waals surface area contributed by atoms with Crippen molar-refractivity contribution >= 4 is 39.5 Å². The molecule has 0 aliphatic rings. The Morgan fingerprint density at radius 1 is 1.04 bits per heavy atom. The Morgan fingerprint density at radius 2 is 1.38 bits per heavy atom. The molecule has 0 aromatic heterocycles. The van der Waals surface area contributed by atoms with E-state index in [2.05, 4.69) is 32.6 Å². The van der Waals surface area contributed by atoms with Gasteiger partial charge in [-0.05, 0) is 17.6 Å². The summed E-state index contributed by atoms with van der Waals surface area (Å²) in [6.07, 6.45) is 0. The van der Waals surface area contributed by atoms with E-state index in [9.17, 15) is 4.79 Å². The van der Waals surface area contributed by atoms with E-state index in [1.165, 1.54) is 34.3 Å². The van der Waals surface area contributed by atoms with Gasteiger partial charge in [-0.15, -0.1) is 0 Å². The number of carbonyl (C=O) groups excluding carboxylic acids is 1. The van der Waals surface area contributed by atoms with E-state index in [0.29, 0.717) is 11.8 Å². The van der Waals surface area contributed by atoms with Gasteiger partial charge < -0.3 is 26.0 Å². The molecule has 0 aromatic rings. The van der Waals surface area contributed by atoms with E-state index in [0.717, 1.165) is 18.8 Å². The van der Waals surface area contributed by atoms with Crippen LogP contribution in [-0.2, 0) is 0 Å². The van der Waals surface area contributed by atoms with Gasteiger partial charge in [0, 0.05) is 13.1 Å². The number of aliphatic hydroxyl groups is 3. The van der Waals surface area contributed by atoms with Gasteiger partial charge in [-0.3, -0.25) is 4.79 Å². The van der Waals surface area contributed by atoms with E-state index < -0.39 is 25.4 Å². The third kappa shape index (κ3) is 17.3. The molecule has 5 N–H and O–H groups in total. The number of rotatable bonds is 8. The Kier molecular flexibility index (Phi) is 22.2. The molecule has 0 heterocycles. The summed E-state index contributed by atoms with van der Waals surface area (Å²) in [6.45, 7) is 11.2. The summed E-state index contributed by atoms with van der Waals surface area (Å²) in [7, 11) is 0. The number of hydrogen-bond donors (Lipinski definition) is 4. The molecule has 8 heteroatoms. The molecular formula is C16H38N2O4SSn. The van der Waals surface area contributed by atoms with Crippen LogP contribution >= 0.6 is 11.8 Å². The second-order valence-corrected chi connectivity index (χ2v) is 7.44. The second-order valence-electron chi connectivity index (χ2n) is 6.23. The molecule has 0 rings (SSSR count). The van der Waals surface area contributed by atoms with Crippen LogP contribution in [0, 0.1) is 11.8 Å². The Labute approximate surface area is 165 Å². The summed E-state index contributed by atoms with van der Waals surface area (Å²) < 4.78 is 0. The van der Waals surface area contributed by atoms with Gasteiger partial charge >= 0.3 is 27.5 Å². The van der Waals surface area contributed by atoms with Crippen molar-refractivity contribution in [2.75, 3.05) is 38.7 Å². The predicted molar refractivity (Wildman–Crippen MR) is 106 cm³/mol. The molecule has 24 heavy (non-hydrogen) atoms. The van der Waals surface area contributed by atoms with Crippen LogP contribution < -0.4 is 5.73 Å². The van der Waals surface area contributed by atoms with Gasteiger partial charge in [-0.25, -0.2) is 0 Å². The normalized spacial score (nSPS) is 10.7. The fourth-order valence-corrected chi connectivity index (χ4v) is 2.05. The van der Waals surface area contributed by atoms with Gasteiger partial charge in [-0.1, -0.05) is 46.4 Å². The first-order chi connectivity index (χ1) is 11.2. The maximum atomic E-state index is 11.7. The number of hydrogen-bond acceptors (Lipinski definition) is 6. The summed E-state index contributed by atoms with van der Waals surface area (Å²) in [4.78, 5) is 15.8. The summed E-state index contributed by atoms with van der Waals surface area (Å²) in [5.74, 6) is 1.97. The zero-order valence-electron chi connectivity index (χ0n) is 16.2. The van der Waals surface area contributed by atoms with Gasteiger partial charge in [0.15, 0.2) is 0 Å². The molecule has 146 valence electrons. The molecule has 0 bridgehead atoms. The molecule has 0 saturated heterocycles. The van der Waals surface area contributed by atoms with Crippen LogP contribution in [0.1, 0.15) is 34.6 Å². The summed E-state index contributed by atoms with van der Waals surface area (Å²) in [6, 6.07) is 0. The Morgan fingerprint density at radius 3 is 1.54 bits per heavy atom. The number of thioether (sulfide) groups is 1. The van der Waals surface area contributed by atoms with Crippen molar-refractivity contribution in [2.45, 2.75) is 45.1 Å². The molecule has 0 unspecified atom stereocenters. The standard InChI is InChI=1S/C11H23NOS.C4H11NO3.CH3.Sn.H/c1-6-14-11(13)12(7-9(2)3)8-10(4)5;5-4(1-6,2-7)3-8;;;/h9-10H,6-8H2,1-5H3;6-8H,1-3,5H2;1H3;;. The van der Waals surface area contributed by atoms with Crippen LogP contribution in [0.15, 0.2) is 0 Å². The van der Waals surface area contributed by atoms with Gasteiger partial charge in [0.05, 0.1) is 25.4 Å². The Bertz CT molecular complexity index is 273. The minimum absolute atomic E-state index is 0.231. The molecule has 2 radical (unpaired) electrons. The maximum absolute atomic E-state index is 11.7. The SMILES string of the molecule is CCSC(=O)N(CC(C)C)CC(C)C.NC(CO)(CO)CO.[CH3][SnH]. The molecule has 0 aliphatic carbocycles. The second kappa shape index (κ2) is 18.3. The summed E-state index contributed by atoms with van der Waals surface area (Å²) in [5.41, 5.74) is 3.94. The van der Waals surface area contributed by atoms with E-state index in [-0.39, 0.29) is 5.24 Å². The minimum atomic E-state index is -1.21. The fourth-order valence-electron chi connectivity index (χ4n) is 1.47. The van der Waals surface area contributed by atoms with Crippen LogP contribution in [0.5, 0.6) is 0 Å². The number of aliphatic hydroxyl groups excluding tert-OH is 3. The topological polar surface area (TPSA) is 107 Å². The fraction of sp³-hybridized carbons (Fsp3) is 0.938. The zero-order chi connectivity index (χ0) is 19.8. The molecule has 6 nitrogen and oxygen atoms in total. The van der Waals surface area contributed by atoms with E-state index in [4.69, 9.17) is 21.1 Å². The van der Waals surface area contributed by atoms with Crippen molar-refractivity contribution in [2.24, 2.45) is 17.6 Å². The van der Waals surface area contributed by atoms with Crippen molar-refractivity contribution in [3.8, 4) is 0 Å². The van der Waals surface area contributed by atoms with Gasteiger partial charge in [0.1, 0.15) is 0 Å². The van der Waals surface area contributed by atoms with Crippen molar-refractivity contribution < 1.29 is 20.1 Å². The number of nitrogens with two attached hydrogens (primary N) is 1. The predicted octanol–water partition coefficient (Wildman–Crippen LogP) is 1.07. The van der Waals surface area contributed by atoms with Gasteiger partial charge in [-0.2, -0.15) is 0 Å². The van der Waals surface area contributed by atoms with Gasteiger partial charge in [0.2, 0.25) is 0 Å². The van der Waals surface area contributed by atoms with E-state index >= 15 is 0 Å². The van der Waals surface area contributed by atoms with Crippen molar-refractivity contribution in [3.63, 3.8) is 0 Å². The number of amides is 1. The van der Waals surface area contributed by atoms with E-state index in [1.54, 1.807) is 0 Å². The van der Waals surface area contributed by atoms with E-state index in [1.807, 2.05) is 11.8 Å². The molecular weight excluding hydrogens is 435 g/mol. The quantitative estimate of drug-likeness (QED) is 0.393. The van der Waals surface area contributed by atoms with Crippen molar-refractivity contribution in [1.29, 1.82) is 0 Å². The van der Waals surface area contributed by atoms with Crippen LogP contribution in [0.4, 0.5) is 4.79 Å². The average molecular weight is 473 g/mol. The summed E-state index contributed by atoms with van der Waals surface area (Å²) in [5, 5.41) is 25.3. The van der Waals surface area contributed by atoms with Gasteiger partial charge in [0.25, 0.3) is 5.24 Å². The van der Waals surface area contributed by atoms with Crippen LogP contribution in [-0.4, -0.2) is 92.2 Å². The molecule has 0 fully saturated rings. The Hall–Kier alpha value is 0.459. The number of nitrogens with zero attached hydrogens (tertiary/aromatic N) is 1. The summed E-state index contributed by atoms with van der Waals surface area (Å²) >= 11 is 2.76. The molecule has 0 saturated carbocycles. The third-order valence-electron chi connectivity index (χ3n) is 2.64. The van der Waals surface area contributed by atoms with Crippen molar-refractivity contribution in [3.05, 3.63) is 0 Å². The molecule has 0 atom stereocenters. The first-order valence-corrected chi connectivity index (χ1v) is 12.5. The number of carbonyl (C=O) groups is 1. The molecule has 0 aromatic carbocycles. The first-order valence-electron chi connectivity index (χ1n) is 8.26. The first kappa shape index (κ1) is 29.2. The zero-order valence-corrected chi connectivity index (χ0v) is 20.3. The van der Waals surface area contributed by atoms with Crippen LogP contribution in [0.3, 0.4) is 0 Å². The average Bonchev–Trinajstić information content (AvgIpc) is 2.55.